The summed E-state index contributed by atoms with van der Waals surface area (Å²) < 4.78 is 12.1. The van der Waals surface area contributed by atoms with Crippen molar-refractivity contribution >= 4 is 15.9 Å². The molecule has 20 heavy (non-hydrogen) atoms. The minimum atomic E-state index is -0.306. The molecule has 112 valence electrons. The summed E-state index contributed by atoms with van der Waals surface area (Å²) in [7, 11) is 0. The molecule has 0 spiro atoms. The highest BCUT2D eigenvalue weighted by molar-refractivity contribution is 9.10. The fourth-order valence-corrected chi connectivity index (χ4v) is 2.38. The minimum Gasteiger partial charge on any atom is -0.490 e. The number of halogens is 1. The predicted octanol–water partition coefficient (Wildman–Crippen LogP) is 1.86. The van der Waals surface area contributed by atoms with Gasteiger partial charge < -0.3 is 19.9 Å². The number of rotatable bonds is 9. The number of nitrogens with two attached hydrogens (primary N) is 1. The summed E-state index contributed by atoms with van der Waals surface area (Å²) in [5.74, 6) is 1.43. The summed E-state index contributed by atoms with van der Waals surface area (Å²) in [5, 5.41) is 11.3. The van der Waals surface area contributed by atoms with E-state index in [0.29, 0.717) is 25.5 Å². The van der Waals surface area contributed by atoms with Crippen molar-refractivity contribution < 1.29 is 19.9 Å². The van der Waals surface area contributed by atoms with Gasteiger partial charge >= 0.3 is 0 Å². The molecule has 5 heteroatoms. The molecule has 0 aromatic heterocycles. The molecule has 4 nitrogen and oxygen atoms in total. The Labute approximate surface area is 128 Å². The van der Waals surface area contributed by atoms with E-state index in [4.69, 9.17) is 9.47 Å². The number of quaternary nitrogens is 1. The highest BCUT2D eigenvalue weighted by atomic mass is 79.9. The number of ether oxygens (including phenoxy) is 2. The van der Waals surface area contributed by atoms with Crippen LogP contribution in [0.5, 0.6) is 11.5 Å². The highest BCUT2D eigenvalue weighted by Gasteiger charge is 2.13. The summed E-state index contributed by atoms with van der Waals surface area (Å²) >= 11 is 3.52. The van der Waals surface area contributed by atoms with E-state index in [1.807, 2.05) is 19.1 Å². The summed E-state index contributed by atoms with van der Waals surface area (Å²) in [4.78, 5) is 0. The van der Waals surface area contributed by atoms with E-state index in [2.05, 4.69) is 27.8 Å². The van der Waals surface area contributed by atoms with Crippen molar-refractivity contribution in [1.82, 2.24) is 0 Å². The molecule has 0 aliphatic carbocycles. The van der Waals surface area contributed by atoms with Gasteiger partial charge in [0.25, 0.3) is 0 Å². The Kier molecular flexibility index (Phi) is 7.65. The van der Waals surface area contributed by atoms with Gasteiger partial charge in [0.1, 0.15) is 19.7 Å². The molecule has 3 N–H and O–H groups in total. The van der Waals surface area contributed by atoms with E-state index in [1.165, 1.54) is 0 Å². The van der Waals surface area contributed by atoms with Crippen molar-refractivity contribution in [2.24, 2.45) is 0 Å². The van der Waals surface area contributed by atoms with E-state index in [1.54, 1.807) is 13.0 Å². The molecule has 0 unspecified atom stereocenters. The Morgan fingerprint density at radius 2 is 2.20 bits per heavy atom. The van der Waals surface area contributed by atoms with Crippen molar-refractivity contribution in [3.05, 3.63) is 34.8 Å². The molecular formula is C15H23BrNO3+. The monoisotopic (exact) mass is 344 g/mol. The number of aliphatic hydroxyl groups excluding tert-OH is 1. The van der Waals surface area contributed by atoms with Crippen molar-refractivity contribution in [3.63, 3.8) is 0 Å². The minimum absolute atomic E-state index is 0.306. The van der Waals surface area contributed by atoms with Crippen LogP contribution in [0.2, 0.25) is 0 Å². The Hall–Kier alpha value is -1.04. The molecule has 0 radical (unpaired) electrons. The van der Waals surface area contributed by atoms with Gasteiger partial charge in [0.05, 0.1) is 17.2 Å². The number of hydrogen-bond donors (Lipinski definition) is 2. The smallest absolute Gasteiger partial charge is 0.175 e. The first kappa shape index (κ1) is 17.0. The molecule has 0 saturated heterocycles. The largest absolute Gasteiger partial charge is 0.490 e. The molecule has 0 fully saturated rings. The van der Waals surface area contributed by atoms with Crippen molar-refractivity contribution in [2.45, 2.75) is 26.5 Å². The van der Waals surface area contributed by atoms with Gasteiger partial charge in [-0.25, -0.2) is 0 Å². The molecule has 0 aliphatic rings. The van der Waals surface area contributed by atoms with Gasteiger partial charge in [0.15, 0.2) is 11.5 Å². The van der Waals surface area contributed by atoms with Crippen LogP contribution < -0.4 is 14.8 Å². The Balaban J connectivity index is 2.85. The van der Waals surface area contributed by atoms with Crippen LogP contribution >= 0.6 is 15.9 Å². The average Bonchev–Trinajstić information content (AvgIpc) is 2.38. The third kappa shape index (κ3) is 5.53. The molecule has 0 heterocycles. The standard InChI is InChI=1S/C15H22BrNO3/c1-4-6-20-15-13(16)7-12(8-14(15)19-5-2)10-17-9-11(3)18/h4,7-8,11,17-18H,1,5-6,9-10H2,2-3H3/p+1/t11-/m1/s1. The van der Waals surface area contributed by atoms with Gasteiger partial charge in [-0.2, -0.15) is 0 Å². The first-order valence-corrected chi connectivity index (χ1v) is 7.56. The molecule has 0 amide bonds. The third-order valence-corrected chi connectivity index (χ3v) is 3.19. The zero-order chi connectivity index (χ0) is 15.0. The van der Waals surface area contributed by atoms with Crippen LogP contribution in [0.1, 0.15) is 19.4 Å². The van der Waals surface area contributed by atoms with Crippen molar-refractivity contribution in [2.75, 3.05) is 19.8 Å². The lowest BCUT2D eigenvalue weighted by molar-refractivity contribution is -0.676. The van der Waals surface area contributed by atoms with E-state index in [-0.39, 0.29) is 6.10 Å². The summed E-state index contributed by atoms with van der Waals surface area (Å²) in [5.41, 5.74) is 1.12. The maximum absolute atomic E-state index is 9.27. The van der Waals surface area contributed by atoms with Crippen LogP contribution in [0.4, 0.5) is 0 Å². The van der Waals surface area contributed by atoms with Crippen LogP contribution in [0, 0.1) is 0 Å². The maximum Gasteiger partial charge on any atom is 0.175 e. The van der Waals surface area contributed by atoms with Crippen LogP contribution in [0.15, 0.2) is 29.3 Å². The average molecular weight is 345 g/mol. The summed E-state index contributed by atoms with van der Waals surface area (Å²) in [6.07, 6.45) is 1.40. The first-order valence-electron chi connectivity index (χ1n) is 6.77. The molecule has 0 bridgehead atoms. The lowest BCUT2D eigenvalue weighted by Gasteiger charge is -2.14. The number of hydrogen-bond acceptors (Lipinski definition) is 3. The van der Waals surface area contributed by atoms with Gasteiger partial charge in [-0.1, -0.05) is 12.7 Å². The van der Waals surface area contributed by atoms with Crippen LogP contribution in [-0.4, -0.2) is 31.0 Å². The quantitative estimate of drug-likeness (QED) is 0.672. The molecule has 1 aromatic rings. The lowest BCUT2D eigenvalue weighted by Crippen LogP contribution is -2.84. The van der Waals surface area contributed by atoms with Crippen LogP contribution in [0.3, 0.4) is 0 Å². The van der Waals surface area contributed by atoms with Crippen molar-refractivity contribution in [1.29, 1.82) is 0 Å². The highest BCUT2D eigenvalue weighted by Crippen LogP contribution is 2.36. The number of aliphatic hydroxyl groups is 1. The summed E-state index contributed by atoms with van der Waals surface area (Å²) in [6.45, 7) is 9.85. The van der Waals surface area contributed by atoms with Gasteiger partial charge in [-0.05, 0) is 41.9 Å². The van der Waals surface area contributed by atoms with E-state index < -0.39 is 0 Å². The van der Waals surface area contributed by atoms with E-state index in [9.17, 15) is 5.11 Å². The molecule has 1 aromatic carbocycles. The zero-order valence-corrected chi connectivity index (χ0v) is 13.6. The van der Waals surface area contributed by atoms with Gasteiger partial charge in [-0.3, -0.25) is 0 Å². The van der Waals surface area contributed by atoms with Crippen molar-refractivity contribution in [3.8, 4) is 11.5 Å². The molecule has 1 rings (SSSR count). The molecule has 0 aliphatic heterocycles. The Morgan fingerprint density at radius 3 is 2.80 bits per heavy atom. The third-order valence-electron chi connectivity index (χ3n) is 2.60. The second-order valence-corrected chi connectivity index (χ2v) is 5.37. The molecule has 0 saturated carbocycles. The van der Waals surface area contributed by atoms with Gasteiger partial charge in [-0.15, -0.1) is 0 Å². The fraction of sp³-hybridized carbons (Fsp3) is 0.467. The van der Waals surface area contributed by atoms with E-state index >= 15 is 0 Å². The molecular weight excluding hydrogens is 322 g/mol. The fourth-order valence-electron chi connectivity index (χ4n) is 1.78. The van der Waals surface area contributed by atoms with Gasteiger partial charge in [0, 0.05) is 5.56 Å². The Morgan fingerprint density at radius 1 is 1.45 bits per heavy atom. The SMILES string of the molecule is C=CCOc1c(Br)cc(C[NH2+]C[C@@H](C)O)cc1OCC. The van der Waals surface area contributed by atoms with E-state index in [0.717, 1.165) is 22.3 Å². The van der Waals surface area contributed by atoms with Crippen LogP contribution in [-0.2, 0) is 6.54 Å². The number of benzene rings is 1. The molecule has 1 atom stereocenters. The van der Waals surface area contributed by atoms with Gasteiger partial charge in [0.2, 0.25) is 0 Å². The topological polar surface area (TPSA) is 55.3 Å². The first-order chi connectivity index (χ1) is 9.58. The second-order valence-electron chi connectivity index (χ2n) is 4.52. The predicted molar refractivity (Wildman–Crippen MR) is 83.2 cm³/mol. The second kappa shape index (κ2) is 9.00. The zero-order valence-electron chi connectivity index (χ0n) is 12.1. The van der Waals surface area contributed by atoms with Crippen LogP contribution in [0.25, 0.3) is 0 Å². The maximum atomic E-state index is 9.27. The normalized spacial score (nSPS) is 12.0. The Bertz CT molecular complexity index is 435. The lowest BCUT2D eigenvalue weighted by atomic mass is 10.2. The summed E-state index contributed by atoms with van der Waals surface area (Å²) in [6, 6.07) is 3.99.